The van der Waals surface area contributed by atoms with Crippen LogP contribution >= 0.6 is 0 Å². The molecule has 2 saturated heterocycles. The van der Waals surface area contributed by atoms with E-state index in [0.29, 0.717) is 10.8 Å². The molecule has 8 rings (SSSR count). The Morgan fingerprint density at radius 3 is 2.02 bits per heavy atom. The molecule has 2 aromatic heterocycles. The molecule has 0 unspecified atom stereocenters. The van der Waals surface area contributed by atoms with E-state index in [-0.39, 0.29) is 23.9 Å². The Balaban J connectivity index is 0.980. The van der Waals surface area contributed by atoms with Gasteiger partial charge in [0.2, 0.25) is 11.8 Å². The maximum absolute atomic E-state index is 12.3. The minimum absolute atomic E-state index is 0.0254. The number of imidazole rings is 2. The number of aromatic nitrogens is 4. The highest BCUT2D eigenvalue weighted by molar-refractivity contribution is 5.78. The second-order valence-electron chi connectivity index (χ2n) is 13.1. The first-order chi connectivity index (χ1) is 20.3. The molecule has 212 valence electrons. The van der Waals surface area contributed by atoms with Crippen LogP contribution in [0.2, 0.25) is 0 Å². The molecule has 2 aliphatic carbocycles. The van der Waals surface area contributed by atoms with Gasteiger partial charge in [-0.2, -0.15) is 0 Å². The van der Waals surface area contributed by atoms with E-state index in [1.54, 1.807) is 13.8 Å². The van der Waals surface area contributed by atoms with E-state index in [1.165, 1.54) is 25.7 Å². The van der Waals surface area contributed by atoms with Gasteiger partial charge < -0.3 is 19.8 Å². The van der Waals surface area contributed by atoms with Crippen LogP contribution < -0.4 is 0 Å². The van der Waals surface area contributed by atoms with Gasteiger partial charge in [0.05, 0.1) is 35.0 Å². The van der Waals surface area contributed by atoms with Gasteiger partial charge in [-0.1, -0.05) is 24.0 Å². The zero-order valence-electron chi connectivity index (χ0n) is 24.0. The summed E-state index contributed by atoms with van der Waals surface area (Å²) in [7, 11) is 0. The summed E-state index contributed by atoms with van der Waals surface area (Å²) in [5.41, 5.74) is 6.30. The Morgan fingerprint density at radius 2 is 1.40 bits per heavy atom. The first-order valence-electron chi connectivity index (χ1n) is 15.0. The van der Waals surface area contributed by atoms with E-state index in [4.69, 9.17) is 4.98 Å². The van der Waals surface area contributed by atoms with Crippen LogP contribution in [0, 0.1) is 22.7 Å². The highest BCUT2D eigenvalue weighted by Gasteiger charge is 2.54. The fourth-order valence-corrected chi connectivity index (χ4v) is 7.14. The van der Waals surface area contributed by atoms with Gasteiger partial charge in [-0.15, -0.1) is 0 Å². The largest absolute Gasteiger partial charge is 0.340 e. The number of fused-ring (bicyclic) bond motifs is 1. The molecule has 2 N–H and O–H groups in total. The summed E-state index contributed by atoms with van der Waals surface area (Å²) in [6.07, 6.45) is 8.69. The molecule has 2 atom stereocenters. The molecule has 2 spiro atoms. The molecule has 2 aliphatic heterocycles. The molecule has 2 saturated carbocycles. The number of H-pyrrole nitrogens is 2. The Labute approximate surface area is 244 Å². The Kier molecular flexibility index (Phi) is 5.46. The minimum Gasteiger partial charge on any atom is -0.340 e. The third kappa shape index (κ3) is 4.39. The quantitative estimate of drug-likeness (QED) is 0.325. The zero-order chi connectivity index (χ0) is 28.6. The number of carbonyl (C=O) groups excluding carboxylic acids is 2. The van der Waals surface area contributed by atoms with E-state index >= 15 is 0 Å². The maximum Gasteiger partial charge on any atom is 0.220 e. The second-order valence-corrected chi connectivity index (χ2v) is 13.1. The first-order valence-corrected chi connectivity index (χ1v) is 15.0. The topological polar surface area (TPSA) is 98.0 Å². The molecule has 4 aliphatic rings. The SMILES string of the molecule is CC(=O)N1CC2(CC2)C[C@H]1c1ncc(-c2ccc(C#Cc3ccc4nc([C@@H]5CC6(CC6)CN5C(C)=O)[nH]c4c3)cc2)[nH]1. The summed E-state index contributed by atoms with van der Waals surface area (Å²) >= 11 is 0. The summed E-state index contributed by atoms with van der Waals surface area (Å²) < 4.78 is 0. The van der Waals surface area contributed by atoms with Crippen LogP contribution in [0.1, 0.15) is 87.2 Å². The summed E-state index contributed by atoms with van der Waals surface area (Å²) in [5, 5.41) is 0. The molecule has 4 aromatic rings. The van der Waals surface area contributed by atoms with E-state index < -0.39 is 0 Å². The number of likely N-dealkylation sites (tertiary alicyclic amines) is 2. The first kappa shape index (κ1) is 25.3. The smallest absolute Gasteiger partial charge is 0.220 e. The Bertz CT molecular complexity index is 1800. The predicted octanol–water partition coefficient (Wildman–Crippen LogP) is 5.50. The number of aromatic amines is 2. The van der Waals surface area contributed by atoms with Crippen molar-refractivity contribution in [1.82, 2.24) is 29.7 Å². The maximum atomic E-state index is 12.3. The lowest BCUT2D eigenvalue weighted by atomic mass is 10.0. The van der Waals surface area contributed by atoms with E-state index in [2.05, 4.69) is 38.9 Å². The standard InChI is InChI=1S/C34H34N6O2/c1-21(41)39-19-33(11-12-33)16-29(39)31-35-18-28(38-31)25-8-5-23(6-9-25)3-4-24-7-10-26-27(15-24)37-32(36-26)30-17-34(13-14-34)20-40(30)22(2)42/h5-10,15,18,29-30H,11-14,16-17,19-20H2,1-2H3,(H,35,38)(H,36,37)/t29-,30-/m0/s1. The van der Waals surface area contributed by atoms with Crippen LogP contribution in [0.3, 0.4) is 0 Å². The molecule has 8 nitrogen and oxygen atoms in total. The van der Waals surface area contributed by atoms with Gasteiger partial charge >= 0.3 is 0 Å². The average Bonchev–Trinajstić information content (AvgIpc) is 3.59. The summed E-state index contributed by atoms with van der Waals surface area (Å²) in [4.78, 5) is 45.0. The van der Waals surface area contributed by atoms with E-state index in [0.717, 1.165) is 71.0 Å². The van der Waals surface area contributed by atoms with Crippen LogP contribution in [0.5, 0.6) is 0 Å². The lowest BCUT2D eigenvalue weighted by Crippen LogP contribution is -2.29. The average molecular weight is 559 g/mol. The zero-order valence-corrected chi connectivity index (χ0v) is 24.0. The number of amides is 2. The van der Waals surface area contributed by atoms with Crippen molar-refractivity contribution >= 4 is 22.8 Å². The molecule has 2 amide bonds. The van der Waals surface area contributed by atoms with Crippen molar-refractivity contribution < 1.29 is 9.59 Å². The van der Waals surface area contributed by atoms with Crippen molar-refractivity contribution in [3.05, 3.63) is 71.4 Å². The van der Waals surface area contributed by atoms with Crippen LogP contribution in [-0.2, 0) is 9.59 Å². The van der Waals surface area contributed by atoms with Crippen LogP contribution in [0.25, 0.3) is 22.3 Å². The lowest BCUT2D eigenvalue weighted by molar-refractivity contribution is -0.130. The van der Waals surface area contributed by atoms with Crippen LogP contribution in [0.15, 0.2) is 48.7 Å². The van der Waals surface area contributed by atoms with Gasteiger partial charge in [-0.3, -0.25) is 9.59 Å². The number of hydrogen-bond acceptors (Lipinski definition) is 4. The van der Waals surface area contributed by atoms with Gasteiger partial charge in [0.25, 0.3) is 0 Å². The summed E-state index contributed by atoms with van der Waals surface area (Å²) in [6.45, 7) is 5.02. The number of hydrogen-bond donors (Lipinski definition) is 2. The van der Waals surface area contributed by atoms with Crippen molar-refractivity contribution in [1.29, 1.82) is 0 Å². The monoisotopic (exact) mass is 558 g/mol. The fourth-order valence-electron chi connectivity index (χ4n) is 7.14. The third-order valence-corrected chi connectivity index (χ3v) is 10.0. The van der Waals surface area contributed by atoms with Crippen LogP contribution in [0.4, 0.5) is 0 Å². The highest BCUT2D eigenvalue weighted by atomic mass is 16.2. The van der Waals surface area contributed by atoms with Gasteiger partial charge in [0.15, 0.2) is 0 Å². The van der Waals surface area contributed by atoms with E-state index in [9.17, 15) is 9.59 Å². The molecule has 0 bridgehead atoms. The fraction of sp³-hybridized carbons (Fsp3) is 0.412. The molecule has 2 aromatic carbocycles. The van der Waals surface area contributed by atoms with Gasteiger partial charge in [0.1, 0.15) is 11.6 Å². The van der Waals surface area contributed by atoms with Crippen LogP contribution in [-0.4, -0.2) is 54.6 Å². The number of benzene rings is 2. The highest BCUT2D eigenvalue weighted by Crippen LogP contribution is 2.59. The lowest BCUT2D eigenvalue weighted by Gasteiger charge is -2.21. The van der Waals surface area contributed by atoms with Gasteiger partial charge in [0, 0.05) is 38.1 Å². The summed E-state index contributed by atoms with van der Waals surface area (Å²) in [6, 6.07) is 14.3. The number of carbonyl (C=O) groups is 2. The molecular formula is C34H34N6O2. The number of nitrogens with zero attached hydrogens (tertiary/aromatic N) is 4. The Morgan fingerprint density at radius 1 is 0.810 bits per heavy atom. The van der Waals surface area contributed by atoms with Gasteiger partial charge in [-0.25, -0.2) is 9.97 Å². The van der Waals surface area contributed by atoms with Gasteiger partial charge in [-0.05, 0) is 85.3 Å². The predicted molar refractivity (Wildman–Crippen MR) is 159 cm³/mol. The number of nitrogens with one attached hydrogen (secondary N) is 2. The number of rotatable bonds is 3. The van der Waals surface area contributed by atoms with Crippen molar-refractivity contribution in [3.8, 4) is 23.1 Å². The molecule has 4 fully saturated rings. The third-order valence-electron chi connectivity index (χ3n) is 10.0. The van der Waals surface area contributed by atoms with Crippen molar-refractivity contribution in [3.63, 3.8) is 0 Å². The Hall–Kier alpha value is -4.38. The minimum atomic E-state index is 0.0254. The molecule has 0 radical (unpaired) electrons. The molecule has 42 heavy (non-hydrogen) atoms. The second kappa shape index (κ2) is 9.06. The van der Waals surface area contributed by atoms with Crippen molar-refractivity contribution in [2.24, 2.45) is 10.8 Å². The molecule has 4 heterocycles. The normalized spacial score (nSPS) is 23.0. The summed E-state index contributed by atoms with van der Waals surface area (Å²) in [5.74, 6) is 8.57. The molecular weight excluding hydrogens is 524 g/mol. The molecule has 8 heteroatoms. The van der Waals surface area contributed by atoms with Crippen molar-refractivity contribution in [2.45, 2.75) is 64.5 Å². The van der Waals surface area contributed by atoms with Crippen molar-refractivity contribution in [2.75, 3.05) is 13.1 Å². The van der Waals surface area contributed by atoms with E-state index in [1.807, 2.05) is 46.3 Å².